The summed E-state index contributed by atoms with van der Waals surface area (Å²) >= 11 is 0. The number of hydrogen-bond donors (Lipinski definition) is 1. The van der Waals surface area contributed by atoms with Crippen LogP contribution >= 0.6 is 0 Å². The van der Waals surface area contributed by atoms with E-state index in [1.807, 2.05) is 0 Å². The van der Waals surface area contributed by atoms with Gasteiger partial charge >= 0.3 is 0 Å². The van der Waals surface area contributed by atoms with Gasteiger partial charge in [0.05, 0.1) is 18.1 Å². The summed E-state index contributed by atoms with van der Waals surface area (Å²) in [5.41, 5.74) is 0.555. The lowest BCUT2D eigenvalue weighted by Gasteiger charge is -2.26. The Morgan fingerprint density at radius 3 is 2.53 bits per heavy atom. The minimum Gasteiger partial charge on any atom is -0.508 e. The molecule has 6 heteroatoms. The van der Waals surface area contributed by atoms with E-state index < -0.39 is 10.0 Å². The Balaban J connectivity index is 2.33. The first-order chi connectivity index (χ1) is 8.01. The molecule has 0 amide bonds. The number of ether oxygens (including phenoxy) is 1. The Morgan fingerprint density at radius 2 is 1.94 bits per heavy atom. The van der Waals surface area contributed by atoms with Crippen LogP contribution in [0, 0.1) is 6.92 Å². The quantitative estimate of drug-likeness (QED) is 0.848. The van der Waals surface area contributed by atoms with Crippen molar-refractivity contribution in [3.05, 3.63) is 23.8 Å². The van der Waals surface area contributed by atoms with Crippen LogP contribution in [-0.4, -0.2) is 44.1 Å². The molecule has 1 fully saturated rings. The molecule has 0 aromatic heterocycles. The second-order valence-electron chi connectivity index (χ2n) is 3.96. The monoisotopic (exact) mass is 257 g/mol. The van der Waals surface area contributed by atoms with Gasteiger partial charge in [-0.25, -0.2) is 8.42 Å². The molecule has 0 aliphatic carbocycles. The summed E-state index contributed by atoms with van der Waals surface area (Å²) in [7, 11) is -3.46. The Morgan fingerprint density at radius 1 is 1.29 bits per heavy atom. The van der Waals surface area contributed by atoms with Gasteiger partial charge in [0, 0.05) is 13.1 Å². The van der Waals surface area contributed by atoms with E-state index in [2.05, 4.69) is 0 Å². The molecule has 17 heavy (non-hydrogen) atoms. The SMILES string of the molecule is Cc1cc(S(=O)(=O)N2CCOCC2)ccc1O. The number of nitrogens with zero attached hydrogens (tertiary/aromatic N) is 1. The molecule has 0 saturated carbocycles. The second kappa shape index (κ2) is 4.64. The van der Waals surface area contributed by atoms with Gasteiger partial charge in [-0.2, -0.15) is 4.31 Å². The summed E-state index contributed by atoms with van der Waals surface area (Å²) in [5.74, 6) is 0.103. The van der Waals surface area contributed by atoms with Crippen molar-refractivity contribution in [3.8, 4) is 5.75 Å². The molecule has 1 heterocycles. The van der Waals surface area contributed by atoms with Gasteiger partial charge in [0.15, 0.2) is 0 Å². The molecule has 0 spiro atoms. The van der Waals surface area contributed by atoms with E-state index in [4.69, 9.17) is 4.74 Å². The van der Waals surface area contributed by atoms with Crippen LogP contribution in [0.25, 0.3) is 0 Å². The highest BCUT2D eigenvalue weighted by Crippen LogP contribution is 2.23. The van der Waals surface area contributed by atoms with Crippen molar-refractivity contribution in [2.24, 2.45) is 0 Å². The molecule has 5 nitrogen and oxygen atoms in total. The van der Waals surface area contributed by atoms with Gasteiger partial charge in [0.25, 0.3) is 0 Å². The fourth-order valence-corrected chi connectivity index (χ4v) is 3.22. The van der Waals surface area contributed by atoms with Crippen LogP contribution in [0.15, 0.2) is 23.1 Å². The number of morpholine rings is 1. The van der Waals surface area contributed by atoms with Crippen LogP contribution in [0.3, 0.4) is 0 Å². The van der Waals surface area contributed by atoms with Gasteiger partial charge in [0.2, 0.25) is 10.0 Å². The lowest BCUT2D eigenvalue weighted by Crippen LogP contribution is -2.40. The first kappa shape index (κ1) is 12.3. The van der Waals surface area contributed by atoms with Gasteiger partial charge in [0.1, 0.15) is 5.75 Å². The molecule has 1 aromatic rings. The molecule has 1 saturated heterocycles. The minimum absolute atomic E-state index is 0.103. The van der Waals surface area contributed by atoms with Crippen molar-refractivity contribution in [3.63, 3.8) is 0 Å². The molecule has 1 aliphatic heterocycles. The van der Waals surface area contributed by atoms with Crippen molar-refractivity contribution >= 4 is 10.0 Å². The van der Waals surface area contributed by atoms with Crippen molar-refractivity contribution in [1.29, 1.82) is 0 Å². The highest BCUT2D eigenvalue weighted by Gasteiger charge is 2.26. The zero-order chi connectivity index (χ0) is 12.5. The molecule has 0 atom stereocenters. The fraction of sp³-hybridized carbons (Fsp3) is 0.455. The Bertz CT molecular complexity index is 506. The van der Waals surface area contributed by atoms with E-state index in [1.54, 1.807) is 6.92 Å². The molecule has 0 unspecified atom stereocenters. The second-order valence-corrected chi connectivity index (χ2v) is 5.90. The largest absolute Gasteiger partial charge is 0.508 e. The average molecular weight is 257 g/mol. The number of benzene rings is 1. The highest BCUT2D eigenvalue weighted by atomic mass is 32.2. The molecule has 1 aromatic carbocycles. The standard InChI is InChI=1S/C11H15NO4S/c1-9-8-10(2-3-11(9)13)17(14,15)12-4-6-16-7-5-12/h2-3,8,13H,4-7H2,1H3. The molecule has 0 bridgehead atoms. The summed E-state index contributed by atoms with van der Waals surface area (Å²) in [4.78, 5) is 0.217. The smallest absolute Gasteiger partial charge is 0.243 e. The number of phenols is 1. The van der Waals surface area contributed by atoms with Crippen LogP contribution in [0.4, 0.5) is 0 Å². The third kappa shape index (κ3) is 2.43. The third-order valence-corrected chi connectivity index (χ3v) is 4.67. The molecule has 94 valence electrons. The number of rotatable bonds is 2. The fourth-order valence-electron chi connectivity index (χ4n) is 1.72. The highest BCUT2D eigenvalue weighted by molar-refractivity contribution is 7.89. The number of phenolic OH excluding ortho intramolecular Hbond substituents is 1. The maximum absolute atomic E-state index is 12.2. The van der Waals surface area contributed by atoms with Crippen LogP contribution in [-0.2, 0) is 14.8 Å². The number of aryl methyl sites for hydroxylation is 1. The molecule has 2 rings (SSSR count). The van der Waals surface area contributed by atoms with Crippen molar-refractivity contribution < 1.29 is 18.3 Å². The molecule has 1 N–H and O–H groups in total. The first-order valence-corrected chi connectivity index (χ1v) is 6.83. The zero-order valence-corrected chi connectivity index (χ0v) is 10.4. The molecule has 1 aliphatic rings. The van der Waals surface area contributed by atoms with E-state index in [1.165, 1.54) is 22.5 Å². The van der Waals surface area contributed by atoms with E-state index in [9.17, 15) is 13.5 Å². The van der Waals surface area contributed by atoms with E-state index in [-0.39, 0.29) is 10.6 Å². The summed E-state index contributed by atoms with van der Waals surface area (Å²) in [6.07, 6.45) is 0. The topological polar surface area (TPSA) is 66.8 Å². The summed E-state index contributed by atoms with van der Waals surface area (Å²) in [6.45, 7) is 3.28. The Labute approximate surface area is 101 Å². The van der Waals surface area contributed by atoms with Crippen molar-refractivity contribution in [2.75, 3.05) is 26.3 Å². The van der Waals surface area contributed by atoms with Crippen LogP contribution in [0.5, 0.6) is 5.75 Å². The first-order valence-electron chi connectivity index (χ1n) is 5.39. The van der Waals surface area contributed by atoms with Crippen LogP contribution < -0.4 is 0 Å². The van der Waals surface area contributed by atoms with Crippen molar-refractivity contribution in [1.82, 2.24) is 4.31 Å². The van der Waals surface area contributed by atoms with Gasteiger partial charge < -0.3 is 9.84 Å². The van der Waals surface area contributed by atoms with Crippen molar-refractivity contribution in [2.45, 2.75) is 11.8 Å². The van der Waals surface area contributed by atoms with Gasteiger partial charge in [-0.3, -0.25) is 0 Å². The third-order valence-electron chi connectivity index (χ3n) is 2.78. The van der Waals surface area contributed by atoms with Gasteiger partial charge in [-0.15, -0.1) is 0 Å². The lowest BCUT2D eigenvalue weighted by molar-refractivity contribution is 0.0730. The van der Waals surface area contributed by atoms with Crippen LogP contribution in [0.1, 0.15) is 5.56 Å². The minimum atomic E-state index is -3.46. The number of aromatic hydroxyl groups is 1. The predicted molar refractivity (Wildman–Crippen MR) is 62.4 cm³/mol. The van der Waals surface area contributed by atoms with Gasteiger partial charge in [-0.05, 0) is 30.7 Å². The number of sulfonamides is 1. The van der Waals surface area contributed by atoms with E-state index in [0.29, 0.717) is 31.9 Å². The summed E-state index contributed by atoms with van der Waals surface area (Å²) in [5, 5.41) is 9.39. The summed E-state index contributed by atoms with van der Waals surface area (Å²) in [6, 6.07) is 4.32. The number of hydrogen-bond acceptors (Lipinski definition) is 4. The maximum atomic E-state index is 12.2. The van der Waals surface area contributed by atoms with Crippen LogP contribution in [0.2, 0.25) is 0 Å². The Hall–Kier alpha value is -1.11. The van der Waals surface area contributed by atoms with Gasteiger partial charge in [-0.1, -0.05) is 0 Å². The maximum Gasteiger partial charge on any atom is 0.243 e. The lowest BCUT2D eigenvalue weighted by atomic mass is 10.2. The normalized spacial score (nSPS) is 18.2. The zero-order valence-electron chi connectivity index (χ0n) is 9.59. The molecular formula is C11H15NO4S. The molecule has 0 radical (unpaired) electrons. The molecular weight excluding hydrogens is 242 g/mol. The predicted octanol–water partition coefficient (Wildman–Crippen LogP) is 0.722. The Kier molecular flexibility index (Phi) is 3.37. The average Bonchev–Trinajstić information content (AvgIpc) is 2.33. The summed E-state index contributed by atoms with van der Waals surface area (Å²) < 4.78 is 31.0. The van der Waals surface area contributed by atoms with E-state index >= 15 is 0 Å². The van der Waals surface area contributed by atoms with E-state index in [0.717, 1.165) is 0 Å².